The second-order valence-corrected chi connectivity index (χ2v) is 11.1. The third-order valence-electron chi connectivity index (χ3n) is 6.15. The van der Waals surface area contributed by atoms with Gasteiger partial charge in [0.25, 0.3) is 0 Å². The number of carbonyl (C=O) groups excluding carboxylic acids is 1. The molecule has 6 rings (SSSR count). The molecule has 4 nitrogen and oxygen atoms in total. The van der Waals surface area contributed by atoms with Gasteiger partial charge in [-0.25, -0.2) is 8.42 Å². The zero-order valence-corrected chi connectivity index (χ0v) is 19.9. The minimum Gasteiger partial charge on any atom is -0.871 e. The fourth-order valence-corrected chi connectivity index (χ4v) is 7.00. The average Bonchev–Trinajstić information content (AvgIpc) is 3.25. The van der Waals surface area contributed by atoms with Crippen molar-refractivity contribution in [2.75, 3.05) is 0 Å². The number of hydrogen-bond donors (Lipinski definition) is 0. The number of allylic oxidation sites excluding steroid dienone is 6. The summed E-state index contributed by atoms with van der Waals surface area (Å²) < 4.78 is 25.8. The molecule has 2 atom stereocenters. The lowest BCUT2D eigenvalue weighted by Gasteiger charge is -2.09. The molecule has 0 saturated heterocycles. The van der Waals surface area contributed by atoms with Crippen LogP contribution in [0, 0.1) is 0 Å². The van der Waals surface area contributed by atoms with E-state index < -0.39 is 21.6 Å². The maximum absolute atomic E-state index is 12.9. The summed E-state index contributed by atoms with van der Waals surface area (Å²) in [4.78, 5) is 14.3. The van der Waals surface area contributed by atoms with Crippen molar-refractivity contribution in [1.82, 2.24) is 0 Å². The van der Waals surface area contributed by atoms with Crippen LogP contribution >= 0.6 is 0 Å². The van der Waals surface area contributed by atoms with Crippen LogP contribution in [0.3, 0.4) is 0 Å². The van der Waals surface area contributed by atoms with E-state index in [0.717, 1.165) is 21.5 Å². The van der Waals surface area contributed by atoms with Gasteiger partial charge in [-0.1, -0.05) is 72.5 Å². The second-order valence-electron chi connectivity index (χ2n) is 8.23. The summed E-state index contributed by atoms with van der Waals surface area (Å²) in [5.41, 5.74) is 0.926. The van der Waals surface area contributed by atoms with Gasteiger partial charge in [0.15, 0.2) is 0 Å². The van der Waals surface area contributed by atoms with Crippen LogP contribution in [0.1, 0.15) is 15.9 Å². The van der Waals surface area contributed by atoms with E-state index in [0.29, 0.717) is 20.9 Å². The van der Waals surface area contributed by atoms with E-state index in [9.17, 15) is 18.3 Å². The molecule has 0 spiro atoms. The summed E-state index contributed by atoms with van der Waals surface area (Å²) in [5, 5.41) is 16.6. The van der Waals surface area contributed by atoms with E-state index >= 15 is 0 Å². The summed E-state index contributed by atoms with van der Waals surface area (Å²) in [7, 11) is -3.10. The summed E-state index contributed by atoms with van der Waals surface area (Å²) in [6, 6.07) is 22.5. The highest BCUT2D eigenvalue weighted by Gasteiger charge is 2.32. The Labute approximate surface area is 206 Å². The van der Waals surface area contributed by atoms with Crippen LogP contribution in [0.25, 0.3) is 27.3 Å². The Kier molecular flexibility index (Phi) is 5.20. The van der Waals surface area contributed by atoms with Crippen molar-refractivity contribution in [2.24, 2.45) is 0 Å². The molecule has 0 amide bonds. The predicted molar refractivity (Wildman–Crippen MR) is 138 cm³/mol. The topological polar surface area (TPSA) is 74.3 Å². The zero-order chi connectivity index (χ0) is 24.1. The molecule has 2 aliphatic rings. The Balaban J connectivity index is 1.25. The Hall–Kier alpha value is -3.87. The van der Waals surface area contributed by atoms with Crippen molar-refractivity contribution < 1.29 is 18.3 Å². The molecule has 2 aliphatic heterocycles. The first-order valence-corrected chi connectivity index (χ1v) is 13.2. The number of rotatable bonds is 3. The lowest BCUT2D eigenvalue weighted by molar-refractivity contribution is -0.244. The van der Waals surface area contributed by atoms with E-state index in [-0.39, 0.29) is 21.4 Å². The van der Waals surface area contributed by atoms with Crippen molar-refractivity contribution in [3.63, 3.8) is 0 Å². The van der Waals surface area contributed by atoms with E-state index in [1.54, 1.807) is 30.4 Å². The first-order chi connectivity index (χ1) is 17.0. The Bertz CT molecular complexity index is 1700. The highest BCUT2D eigenvalue weighted by atomic mass is 32.2. The standard InChI is InChI=1S/C29H18O4S2/c30-28-22-14-18-8-4-6-10-20(18)16-26(22)34(32)24(28)12-2-1-3-13-25-29(31)23-15-19-9-5-7-11-21(19)17-27(23)35(25)33/h1-17,30H/p-1. The van der Waals surface area contributed by atoms with E-state index in [4.69, 9.17) is 0 Å². The lowest BCUT2D eigenvalue weighted by Crippen LogP contribution is -2.01. The SMILES string of the molecule is O=C1C(=CC=CC=CC2=C([O-])c3cc4ccccc4cc3S2=O)S(=O)c2cc3ccccc3cc21. The monoisotopic (exact) mass is 493 g/mol. The van der Waals surface area contributed by atoms with Gasteiger partial charge in [-0.3, -0.25) is 4.79 Å². The van der Waals surface area contributed by atoms with Gasteiger partial charge < -0.3 is 5.11 Å². The maximum atomic E-state index is 12.9. The molecule has 4 aromatic rings. The molecule has 0 N–H and O–H groups in total. The maximum Gasteiger partial charge on any atom is 0.203 e. The van der Waals surface area contributed by atoms with Crippen molar-refractivity contribution in [3.8, 4) is 0 Å². The molecule has 0 radical (unpaired) electrons. The number of benzene rings is 4. The van der Waals surface area contributed by atoms with Crippen LogP contribution in [0.15, 0.2) is 123 Å². The minimum atomic E-state index is -1.55. The van der Waals surface area contributed by atoms with E-state index in [1.165, 1.54) is 12.2 Å². The van der Waals surface area contributed by atoms with Crippen LogP contribution < -0.4 is 5.11 Å². The molecule has 0 fully saturated rings. The fraction of sp³-hybridized carbons (Fsp3) is 0. The van der Waals surface area contributed by atoms with Gasteiger partial charge in [0.05, 0.1) is 36.3 Å². The minimum absolute atomic E-state index is 0.215. The number of Topliss-reactive ketones (excluding diaryl/α,β-unsaturated/α-hetero) is 1. The molecular weight excluding hydrogens is 476 g/mol. The predicted octanol–water partition coefficient (Wildman–Crippen LogP) is 5.14. The third kappa shape index (κ3) is 3.53. The quantitative estimate of drug-likeness (QED) is 0.292. The summed E-state index contributed by atoms with van der Waals surface area (Å²) >= 11 is 0. The number of ketones is 1. The van der Waals surface area contributed by atoms with Crippen molar-refractivity contribution >= 4 is 54.7 Å². The van der Waals surface area contributed by atoms with Gasteiger partial charge in [0.2, 0.25) is 5.78 Å². The molecule has 2 unspecified atom stereocenters. The lowest BCUT2D eigenvalue weighted by atomic mass is 10.0. The highest BCUT2D eigenvalue weighted by molar-refractivity contribution is 7.91. The van der Waals surface area contributed by atoms with Crippen LogP contribution in [-0.4, -0.2) is 14.2 Å². The first kappa shape index (κ1) is 21.6. The highest BCUT2D eigenvalue weighted by Crippen LogP contribution is 2.37. The second kappa shape index (κ2) is 8.41. The molecule has 0 aromatic heterocycles. The van der Waals surface area contributed by atoms with Crippen LogP contribution in [0.2, 0.25) is 0 Å². The zero-order valence-electron chi connectivity index (χ0n) is 18.3. The van der Waals surface area contributed by atoms with Gasteiger partial charge in [0, 0.05) is 10.5 Å². The molecule has 170 valence electrons. The van der Waals surface area contributed by atoms with E-state index in [2.05, 4.69) is 0 Å². The Morgan fingerprint density at radius 3 is 1.83 bits per heavy atom. The van der Waals surface area contributed by atoms with Gasteiger partial charge >= 0.3 is 0 Å². The summed E-state index contributed by atoms with van der Waals surface area (Å²) in [5.74, 6) is -0.497. The summed E-state index contributed by atoms with van der Waals surface area (Å²) in [6.45, 7) is 0. The molecule has 35 heavy (non-hydrogen) atoms. The summed E-state index contributed by atoms with van der Waals surface area (Å²) in [6.07, 6.45) is 7.92. The fourth-order valence-electron chi connectivity index (χ4n) is 4.40. The molecule has 6 heteroatoms. The van der Waals surface area contributed by atoms with Crippen LogP contribution in [0.5, 0.6) is 0 Å². The molecule has 0 aliphatic carbocycles. The molecule has 2 heterocycles. The number of carbonyl (C=O) groups is 1. The number of fused-ring (bicyclic) bond motifs is 4. The molecule has 0 bridgehead atoms. The Morgan fingerprint density at radius 2 is 1.20 bits per heavy atom. The molecule has 0 saturated carbocycles. The normalized spacial score (nSPS) is 20.7. The van der Waals surface area contributed by atoms with E-state index in [1.807, 2.05) is 60.7 Å². The van der Waals surface area contributed by atoms with Gasteiger partial charge in [-0.2, -0.15) is 0 Å². The third-order valence-corrected chi connectivity index (χ3v) is 9.07. The van der Waals surface area contributed by atoms with Crippen molar-refractivity contribution in [3.05, 3.63) is 124 Å². The van der Waals surface area contributed by atoms with Crippen LogP contribution in [0.4, 0.5) is 0 Å². The average molecular weight is 494 g/mol. The largest absolute Gasteiger partial charge is 0.871 e. The van der Waals surface area contributed by atoms with Gasteiger partial charge in [0.1, 0.15) is 0 Å². The van der Waals surface area contributed by atoms with Gasteiger partial charge in [-0.05, 0) is 63.5 Å². The first-order valence-electron chi connectivity index (χ1n) is 10.9. The van der Waals surface area contributed by atoms with Crippen molar-refractivity contribution in [2.45, 2.75) is 9.79 Å². The molecule has 4 aromatic carbocycles. The van der Waals surface area contributed by atoms with Crippen molar-refractivity contribution in [1.29, 1.82) is 0 Å². The molecular formula is C29H17O4S2-. The smallest absolute Gasteiger partial charge is 0.203 e. The van der Waals surface area contributed by atoms with Gasteiger partial charge in [-0.15, -0.1) is 0 Å². The Morgan fingerprint density at radius 1 is 0.657 bits per heavy atom. The van der Waals surface area contributed by atoms with Crippen LogP contribution in [-0.2, 0) is 21.6 Å². The number of hydrogen-bond acceptors (Lipinski definition) is 4.